The first-order valence-electron chi connectivity index (χ1n) is 16.4. The number of benzene rings is 4. The third-order valence-electron chi connectivity index (χ3n) is 8.87. The fourth-order valence-corrected chi connectivity index (χ4v) is 7.65. The fraction of sp³-hybridized carbons (Fsp3) is 0.263. The zero-order valence-corrected chi connectivity index (χ0v) is 29.0. The Morgan fingerprint density at radius 3 is 2.02 bits per heavy atom. The van der Waals surface area contributed by atoms with Crippen LogP contribution >= 0.6 is 11.6 Å². The number of nitrogens with zero attached hydrogens (tertiary/aromatic N) is 1. The van der Waals surface area contributed by atoms with Crippen molar-refractivity contribution in [2.45, 2.75) is 56.4 Å². The molecule has 2 amide bonds. The third-order valence-corrected chi connectivity index (χ3v) is 10.7. The number of aryl methyl sites for hydroxylation is 2. The molecular formula is C38H38ClN3O7S. The fourth-order valence-electron chi connectivity index (χ4n) is 6.07. The average Bonchev–Trinajstić information content (AvgIpc) is 3.12. The summed E-state index contributed by atoms with van der Waals surface area (Å²) in [6.45, 7) is 2.41. The monoisotopic (exact) mass is 715 g/mol. The molecule has 0 bridgehead atoms. The van der Waals surface area contributed by atoms with E-state index >= 15 is 0 Å². The molecule has 4 N–H and O–H groups in total. The Morgan fingerprint density at radius 2 is 1.42 bits per heavy atom. The Kier molecular flexibility index (Phi) is 12.2. The molecule has 5 rings (SSSR count). The van der Waals surface area contributed by atoms with Gasteiger partial charge in [0.1, 0.15) is 11.0 Å². The first-order chi connectivity index (χ1) is 24.0. The second-order valence-electron chi connectivity index (χ2n) is 12.2. The molecule has 1 aliphatic carbocycles. The SMILES string of the molecule is CCN(C1CCC(C(=O)O)CC1)S(=O)c1cccc(C(=O)Nc2ccc(Cl)cc2C(=O)Nc2ccc(CCc3ccc(C(=O)O)cc3)cc2)c1. The molecule has 1 unspecified atom stereocenters. The summed E-state index contributed by atoms with van der Waals surface area (Å²) in [5, 5.41) is 24.4. The number of hydrogen-bond donors (Lipinski definition) is 4. The van der Waals surface area contributed by atoms with Crippen molar-refractivity contribution in [3.63, 3.8) is 0 Å². The van der Waals surface area contributed by atoms with Gasteiger partial charge in [0.15, 0.2) is 0 Å². The molecule has 4 aromatic rings. The minimum atomic E-state index is -1.56. The van der Waals surface area contributed by atoms with Crippen LogP contribution in [0.4, 0.5) is 11.4 Å². The second kappa shape index (κ2) is 16.7. The molecule has 0 saturated heterocycles. The Labute approximate surface area is 298 Å². The average molecular weight is 716 g/mol. The van der Waals surface area contributed by atoms with Crippen LogP contribution in [0.15, 0.2) is 95.9 Å². The van der Waals surface area contributed by atoms with Crippen molar-refractivity contribution in [1.29, 1.82) is 0 Å². The summed E-state index contributed by atoms with van der Waals surface area (Å²) in [6.07, 6.45) is 3.79. The molecule has 0 aliphatic heterocycles. The van der Waals surface area contributed by atoms with Gasteiger partial charge in [0.25, 0.3) is 11.8 Å². The second-order valence-corrected chi connectivity index (χ2v) is 14.0. The van der Waals surface area contributed by atoms with Crippen LogP contribution in [-0.4, -0.2) is 55.1 Å². The highest BCUT2D eigenvalue weighted by atomic mass is 35.5. The number of anilines is 2. The van der Waals surface area contributed by atoms with Crippen LogP contribution < -0.4 is 10.6 Å². The molecule has 12 heteroatoms. The lowest BCUT2D eigenvalue weighted by atomic mass is 9.86. The van der Waals surface area contributed by atoms with Gasteiger partial charge in [-0.2, -0.15) is 0 Å². The maximum absolute atomic E-state index is 13.6. The summed E-state index contributed by atoms with van der Waals surface area (Å²) < 4.78 is 15.5. The lowest BCUT2D eigenvalue weighted by molar-refractivity contribution is -0.143. The van der Waals surface area contributed by atoms with E-state index in [-0.39, 0.29) is 34.3 Å². The van der Waals surface area contributed by atoms with Crippen LogP contribution in [0.5, 0.6) is 0 Å². The summed E-state index contributed by atoms with van der Waals surface area (Å²) in [7, 11) is -1.56. The van der Waals surface area contributed by atoms with E-state index in [2.05, 4.69) is 10.6 Å². The lowest BCUT2D eigenvalue weighted by Crippen LogP contribution is -2.40. The van der Waals surface area contributed by atoms with E-state index in [1.54, 1.807) is 72.8 Å². The number of halogens is 1. The molecule has 1 saturated carbocycles. The van der Waals surface area contributed by atoms with E-state index in [9.17, 15) is 28.5 Å². The topological polar surface area (TPSA) is 153 Å². The van der Waals surface area contributed by atoms with Crippen molar-refractivity contribution in [2.24, 2.45) is 5.92 Å². The lowest BCUT2D eigenvalue weighted by Gasteiger charge is -2.34. The number of amides is 2. The van der Waals surface area contributed by atoms with E-state index in [1.165, 1.54) is 6.07 Å². The first-order valence-corrected chi connectivity index (χ1v) is 17.9. The Morgan fingerprint density at radius 1 is 0.780 bits per heavy atom. The van der Waals surface area contributed by atoms with Gasteiger partial charge in [-0.1, -0.05) is 48.9 Å². The largest absolute Gasteiger partial charge is 0.481 e. The van der Waals surface area contributed by atoms with Crippen molar-refractivity contribution >= 4 is 57.7 Å². The highest BCUT2D eigenvalue weighted by Gasteiger charge is 2.31. The summed E-state index contributed by atoms with van der Waals surface area (Å²) in [5.74, 6) is -3.09. The quantitative estimate of drug-likeness (QED) is 0.113. The standard InChI is InChI=1S/C38H38ClN3O7S/c1-2-42(31-19-14-27(15-20-31)38(47)48)50(49)32-5-3-4-28(22-32)35(43)41-34-21-16-29(39)23-33(34)36(44)40-30-17-10-25(11-18-30)7-6-24-8-12-26(13-9-24)37(45)46/h3-5,8-13,16-18,21-23,27,31H,2,6-7,14-15,19-20H2,1H3,(H,40,44)(H,41,43)(H,45,46)(H,47,48). The zero-order chi connectivity index (χ0) is 35.8. The molecule has 0 aromatic heterocycles. The van der Waals surface area contributed by atoms with Gasteiger partial charge in [0.2, 0.25) is 0 Å². The van der Waals surface area contributed by atoms with Crippen molar-refractivity contribution < 1.29 is 33.6 Å². The van der Waals surface area contributed by atoms with Gasteiger partial charge in [-0.05, 0) is 110 Å². The number of nitrogens with one attached hydrogen (secondary N) is 2. The Hall–Kier alpha value is -4.84. The maximum Gasteiger partial charge on any atom is 0.335 e. The smallest absolute Gasteiger partial charge is 0.335 e. The molecule has 0 heterocycles. The number of carboxylic acids is 2. The normalized spacial score (nSPS) is 16.4. The Balaban J connectivity index is 1.22. The summed E-state index contributed by atoms with van der Waals surface area (Å²) >= 11 is 6.24. The van der Waals surface area contributed by atoms with Crippen LogP contribution in [0.2, 0.25) is 5.02 Å². The van der Waals surface area contributed by atoms with Crippen LogP contribution in [0, 0.1) is 5.92 Å². The summed E-state index contributed by atoms with van der Waals surface area (Å²) in [6, 6.07) is 25.2. The number of carbonyl (C=O) groups is 4. The first kappa shape index (κ1) is 36.4. The minimum Gasteiger partial charge on any atom is -0.481 e. The van der Waals surface area contributed by atoms with Gasteiger partial charge < -0.3 is 20.8 Å². The predicted molar refractivity (Wildman–Crippen MR) is 193 cm³/mol. The number of aliphatic carboxylic acids is 1. The molecule has 50 heavy (non-hydrogen) atoms. The molecule has 0 radical (unpaired) electrons. The van der Waals surface area contributed by atoms with Crippen molar-refractivity contribution in [3.05, 3.63) is 124 Å². The molecule has 0 spiro atoms. The van der Waals surface area contributed by atoms with Gasteiger partial charge in [0, 0.05) is 28.9 Å². The van der Waals surface area contributed by atoms with Crippen molar-refractivity contribution in [1.82, 2.24) is 4.31 Å². The van der Waals surface area contributed by atoms with Crippen molar-refractivity contribution in [3.8, 4) is 0 Å². The van der Waals surface area contributed by atoms with E-state index in [0.717, 1.165) is 24.0 Å². The summed E-state index contributed by atoms with van der Waals surface area (Å²) in [5.41, 5.74) is 3.52. The van der Waals surface area contributed by atoms with E-state index < -0.39 is 34.7 Å². The molecule has 10 nitrogen and oxygen atoms in total. The van der Waals surface area contributed by atoms with E-state index in [4.69, 9.17) is 16.7 Å². The van der Waals surface area contributed by atoms with Crippen LogP contribution in [0.25, 0.3) is 0 Å². The molecule has 1 fully saturated rings. The van der Waals surface area contributed by atoms with Gasteiger partial charge >= 0.3 is 11.9 Å². The zero-order valence-electron chi connectivity index (χ0n) is 27.4. The van der Waals surface area contributed by atoms with Gasteiger partial charge in [-0.25, -0.2) is 13.3 Å². The van der Waals surface area contributed by atoms with Crippen molar-refractivity contribution in [2.75, 3.05) is 17.2 Å². The van der Waals surface area contributed by atoms with E-state index in [1.807, 2.05) is 23.4 Å². The third kappa shape index (κ3) is 9.23. The number of carbonyl (C=O) groups excluding carboxylic acids is 2. The summed E-state index contributed by atoms with van der Waals surface area (Å²) in [4.78, 5) is 49.7. The number of aromatic carboxylic acids is 1. The van der Waals surface area contributed by atoms with Gasteiger partial charge in [-0.3, -0.25) is 14.4 Å². The number of rotatable bonds is 13. The molecule has 260 valence electrons. The number of hydrogen-bond acceptors (Lipinski definition) is 5. The Bertz CT molecular complexity index is 1890. The molecular weight excluding hydrogens is 678 g/mol. The van der Waals surface area contributed by atoms with E-state index in [0.29, 0.717) is 47.8 Å². The molecule has 4 aromatic carbocycles. The highest BCUT2D eigenvalue weighted by molar-refractivity contribution is 7.82. The van der Waals surface area contributed by atoms with Gasteiger partial charge in [0.05, 0.1) is 27.6 Å². The highest BCUT2D eigenvalue weighted by Crippen LogP contribution is 2.30. The van der Waals surface area contributed by atoms with Gasteiger partial charge in [-0.15, -0.1) is 0 Å². The van der Waals surface area contributed by atoms with Crippen LogP contribution in [0.3, 0.4) is 0 Å². The number of carboxylic acid groups (broad SMARTS) is 2. The van der Waals surface area contributed by atoms with Crippen LogP contribution in [-0.2, 0) is 28.6 Å². The maximum atomic E-state index is 13.6. The molecule has 1 atom stereocenters. The molecule has 1 aliphatic rings. The van der Waals surface area contributed by atoms with Crippen LogP contribution in [0.1, 0.15) is 74.8 Å². The minimum absolute atomic E-state index is 0.0229. The predicted octanol–water partition coefficient (Wildman–Crippen LogP) is 7.32.